The second kappa shape index (κ2) is 10.4. The maximum Gasteiger partial charge on any atom is 0.255 e. The molecule has 4 aromatic carbocycles. The van der Waals surface area contributed by atoms with Gasteiger partial charge in [-0.25, -0.2) is 13.2 Å². The van der Waals surface area contributed by atoms with Crippen molar-refractivity contribution in [3.8, 4) is 5.75 Å². The van der Waals surface area contributed by atoms with Crippen molar-refractivity contribution < 1.29 is 27.5 Å². The molecular weight excluding hydrogens is 493 g/mol. The molecule has 4 aromatic rings. The van der Waals surface area contributed by atoms with Crippen LogP contribution in [0.15, 0.2) is 91.0 Å². The van der Waals surface area contributed by atoms with E-state index < -0.39 is 35.3 Å². The van der Waals surface area contributed by atoms with Gasteiger partial charge < -0.3 is 15.0 Å². The minimum Gasteiger partial charge on any atom is -0.497 e. The van der Waals surface area contributed by atoms with E-state index in [1.54, 1.807) is 65.6 Å². The SMILES string of the molecule is COc1ccc(C2C(C(=O)Nc3ccc(F)cc3F)c3ccccc3C(=O)N2Cc2ccc(F)cc2)cc1. The van der Waals surface area contributed by atoms with Crippen molar-refractivity contribution in [2.24, 2.45) is 0 Å². The Balaban J connectivity index is 1.64. The Bertz CT molecular complexity index is 1490. The van der Waals surface area contributed by atoms with E-state index >= 15 is 0 Å². The van der Waals surface area contributed by atoms with Crippen molar-refractivity contribution in [1.29, 1.82) is 0 Å². The van der Waals surface area contributed by atoms with E-state index in [-0.39, 0.29) is 18.1 Å². The molecule has 0 aromatic heterocycles. The van der Waals surface area contributed by atoms with E-state index in [1.165, 1.54) is 19.2 Å². The molecule has 38 heavy (non-hydrogen) atoms. The number of methoxy groups -OCH3 is 1. The highest BCUT2D eigenvalue weighted by atomic mass is 19.1. The largest absolute Gasteiger partial charge is 0.497 e. The standard InChI is InChI=1S/C30H23F3N2O3/c1-38-22-13-8-19(9-14-22)28-27(29(36)34-26-15-12-21(32)16-25(26)33)23-4-2-3-5-24(23)30(37)35(28)17-18-6-10-20(31)11-7-18/h2-16,27-28H,17H2,1H3,(H,34,36). The van der Waals surface area contributed by atoms with Gasteiger partial charge >= 0.3 is 0 Å². The van der Waals surface area contributed by atoms with Crippen LogP contribution in [0.3, 0.4) is 0 Å². The summed E-state index contributed by atoms with van der Waals surface area (Å²) in [6.07, 6.45) is 0. The maximum atomic E-state index is 14.5. The fraction of sp³-hybridized carbons (Fsp3) is 0.133. The van der Waals surface area contributed by atoms with Gasteiger partial charge in [-0.15, -0.1) is 0 Å². The minimum atomic E-state index is -0.942. The van der Waals surface area contributed by atoms with E-state index in [4.69, 9.17) is 4.74 Å². The fourth-order valence-electron chi connectivity index (χ4n) is 4.81. The third-order valence-electron chi connectivity index (χ3n) is 6.63. The van der Waals surface area contributed by atoms with Crippen molar-refractivity contribution in [3.63, 3.8) is 0 Å². The molecule has 192 valence electrons. The quantitative estimate of drug-likeness (QED) is 0.331. The van der Waals surface area contributed by atoms with Gasteiger partial charge in [-0.2, -0.15) is 0 Å². The van der Waals surface area contributed by atoms with Crippen LogP contribution in [0.1, 0.15) is 39.0 Å². The highest BCUT2D eigenvalue weighted by molar-refractivity contribution is 6.04. The summed E-state index contributed by atoms with van der Waals surface area (Å²) in [6.45, 7) is 0.0961. The molecule has 5 rings (SSSR count). The number of carbonyl (C=O) groups is 2. The summed E-state index contributed by atoms with van der Waals surface area (Å²) in [5.74, 6) is -3.31. The number of hydrogen-bond donors (Lipinski definition) is 1. The Hall–Kier alpha value is -4.59. The lowest BCUT2D eigenvalue weighted by Crippen LogP contribution is -2.45. The number of carbonyl (C=O) groups excluding carboxylic acids is 2. The monoisotopic (exact) mass is 516 g/mol. The third-order valence-corrected chi connectivity index (χ3v) is 6.63. The first-order valence-electron chi connectivity index (χ1n) is 11.9. The number of hydrogen-bond acceptors (Lipinski definition) is 3. The number of benzene rings is 4. The van der Waals surface area contributed by atoms with E-state index in [9.17, 15) is 22.8 Å². The highest BCUT2D eigenvalue weighted by Crippen LogP contribution is 2.44. The Morgan fingerprint density at radius 1 is 0.895 bits per heavy atom. The lowest BCUT2D eigenvalue weighted by Gasteiger charge is -2.42. The Kier molecular flexibility index (Phi) is 6.87. The van der Waals surface area contributed by atoms with Crippen molar-refractivity contribution in [3.05, 3.63) is 131 Å². The van der Waals surface area contributed by atoms with Crippen LogP contribution in [0.4, 0.5) is 18.9 Å². The number of amides is 2. The first-order chi connectivity index (χ1) is 18.4. The van der Waals surface area contributed by atoms with E-state index in [0.29, 0.717) is 34.1 Å². The summed E-state index contributed by atoms with van der Waals surface area (Å²) < 4.78 is 46.8. The first-order valence-corrected chi connectivity index (χ1v) is 11.9. The average Bonchev–Trinajstić information content (AvgIpc) is 2.93. The van der Waals surface area contributed by atoms with E-state index in [0.717, 1.165) is 12.1 Å². The van der Waals surface area contributed by atoms with Gasteiger partial charge in [0.05, 0.1) is 24.8 Å². The van der Waals surface area contributed by atoms with Gasteiger partial charge in [-0.3, -0.25) is 9.59 Å². The van der Waals surface area contributed by atoms with Gasteiger partial charge in [0.1, 0.15) is 23.2 Å². The molecule has 2 unspecified atom stereocenters. The van der Waals surface area contributed by atoms with Gasteiger partial charge in [0, 0.05) is 18.2 Å². The number of fused-ring (bicyclic) bond motifs is 1. The summed E-state index contributed by atoms with van der Waals surface area (Å²) in [6, 6.07) is 21.6. The molecule has 1 N–H and O–H groups in total. The van der Waals surface area contributed by atoms with Gasteiger partial charge in [-0.1, -0.05) is 42.5 Å². The second-order valence-electron chi connectivity index (χ2n) is 8.96. The summed E-state index contributed by atoms with van der Waals surface area (Å²) >= 11 is 0. The molecule has 0 spiro atoms. The molecule has 2 atom stereocenters. The number of nitrogens with one attached hydrogen (secondary N) is 1. The first kappa shape index (κ1) is 25.1. The molecule has 1 aliphatic rings. The van der Waals surface area contributed by atoms with Gasteiger partial charge in [0.15, 0.2) is 0 Å². The molecule has 1 heterocycles. The number of anilines is 1. The molecule has 0 bridgehead atoms. The van der Waals surface area contributed by atoms with Crippen LogP contribution in [-0.4, -0.2) is 23.8 Å². The van der Waals surface area contributed by atoms with Crippen molar-refractivity contribution in [2.75, 3.05) is 12.4 Å². The number of nitrogens with zero attached hydrogens (tertiary/aromatic N) is 1. The molecule has 0 saturated carbocycles. The summed E-state index contributed by atoms with van der Waals surface area (Å²) in [7, 11) is 1.53. The third kappa shape index (κ3) is 4.85. The Morgan fingerprint density at radius 3 is 2.26 bits per heavy atom. The van der Waals surface area contributed by atoms with Crippen molar-refractivity contribution in [2.45, 2.75) is 18.5 Å². The zero-order chi connectivity index (χ0) is 26.8. The summed E-state index contributed by atoms with van der Waals surface area (Å²) in [5.41, 5.74) is 1.95. The molecule has 0 saturated heterocycles. The van der Waals surface area contributed by atoms with E-state index in [1.807, 2.05) is 0 Å². The second-order valence-corrected chi connectivity index (χ2v) is 8.96. The molecule has 0 fully saturated rings. The zero-order valence-electron chi connectivity index (χ0n) is 20.3. The van der Waals surface area contributed by atoms with E-state index in [2.05, 4.69) is 5.32 Å². The zero-order valence-corrected chi connectivity index (χ0v) is 20.3. The van der Waals surface area contributed by atoms with Crippen LogP contribution in [0.25, 0.3) is 0 Å². The van der Waals surface area contributed by atoms with Crippen molar-refractivity contribution in [1.82, 2.24) is 4.90 Å². The molecule has 0 aliphatic carbocycles. The molecule has 8 heteroatoms. The molecule has 5 nitrogen and oxygen atoms in total. The van der Waals surface area contributed by atoms with Crippen LogP contribution in [0.5, 0.6) is 5.75 Å². The molecule has 1 aliphatic heterocycles. The van der Waals surface area contributed by atoms with Crippen LogP contribution in [0, 0.1) is 17.5 Å². The normalized spacial score (nSPS) is 16.6. The smallest absolute Gasteiger partial charge is 0.255 e. The lowest BCUT2D eigenvalue weighted by molar-refractivity contribution is -0.119. The maximum absolute atomic E-state index is 14.5. The Morgan fingerprint density at radius 2 is 1.58 bits per heavy atom. The Labute approximate surface area is 217 Å². The van der Waals surface area contributed by atoms with Crippen molar-refractivity contribution >= 4 is 17.5 Å². The lowest BCUT2D eigenvalue weighted by atomic mass is 9.79. The summed E-state index contributed by atoms with van der Waals surface area (Å²) in [5, 5.41) is 2.58. The number of rotatable bonds is 6. The molecule has 0 radical (unpaired) electrons. The number of ether oxygens (including phenoxy) is 1. The average molecular weight is 517 g/mol. The van der Waals surface area contributed by atoms with Gasteiger partial charge in [0.25, 0.3) is 5.91 Å². The van der Waals surface area contributed by atoms with Crippen LogP contribution in [-0.2, 0) is 11.3 Å². The van der Waals surface area contributed by atoms with Gasteiger partial charge in [-0.05, 0) is 59.2 Å². The van der Waals surface area contributed by atoms with Crippen LogP contribution < -0.4 is 10.1 Å². The number of halogens is 3. The molecular formula is C30H23F3N2O3. The van der Waals surface area contributed by atoms with Crippen LogP contribution in [0.2, 0.25) is 0 Å². The predicted molar refractivity (Wildman–Crippen MR) is 136 cm³/mol. The van der Waals surface area contributed by atoms with Gasteiger partial charge in [0.2, 0.25) is 5.91 Å². The highest BCUT2D eigenvalue weighted by Gasteiger charge is 2.44. The molecule has 2 amide bonds. The minimum absolute atomic E-state index is 0.0961. The fourth-order valence-corrected chi connectivity index (χ4v) is 4.81. The van der Waals surface area contributed by atoms with Crippen LogP contribution >= 0.6 is 0 Å². The summed E-state index contributed by atoms with van der Waals surface area (Å²) in [4.78, 5) is 29.2. The predicted octanol–water partition coefficient (Wildman–Crippen LogP) is 6.23. The topological polar surface area (TPSA) is 58.6 Å².